The number of amides is 1. The number of hydrogen-bond acceptors (Lipinski definition) is 7. The van der Waals surface area contributed by atoms with Gasteiger partial charge in [-0.05, 0) is 56.2 Å². The minimum Gasteiger partial charge on any atom is -0.462 e. The minimum atomic E-state index is -3.56. The lowest BCUT2D eigenvalue weighted by molar-refractivity contribution is -0.116. The van der Waals surface area contributed by atoms with E-state index in [1.807, 2.05) is 0 Å². The van der Waals surface area contributed by atoms with Gasteiger partial charge in [-0.2, -0.15) is 4.31 Å². The molecule has 1 aromatic heterocycles. The number of aryl methyl sites for hydroxylation is 1. The van der Waals surface area contributed by atoms with Crippen molar-refractivity contribution in [1.29, 1.82) is 0 Å². The molecule has 0 saturated carbocycles. The van der Waals surface area contributed by atoms with E-state index in [0.29, 0.717) is 35.4 Å². The standard InChI is InChI=1S/C23H27N5O5S/c1-2-33-23(30)17-7-6-8-18(15-17)24-22(29)11-14-28-21-10-9-19(16-20(21)25-26-28)34(31,32)27-12-4-3-5-13-27/h6-10,15-16H,2-5,11-14H2,1H3,(H,24,29). The van der Waals surface area contributed by atoms with Gasteiger partial charge in [-0.1, -0.05) is 17.7 Å². The first-order valence-electron chi connectivity index (χ1n) is 11.3. The van der Waals surface area contributed by atoms with E-state index in [-0.39, 0.29) is 30.4 Å². The second-order valence-electron chi connectivity index (χ2n) is 8.03. The SMILES string of the molecule is CCOC(=O)c1cccc(NC(=O)CCn2nnc3cc(S(=O)(=O)N4CCCCC4)ccc32)c1. The zero-order chi connectivity index (χ0) is 24.1. The van der Waals surface area contributed by atoms with Crippen molar-refractivity contribution in [3.05, 3.63) is 48.0 Å². The Morgan fingerprint density at radius 1 is 1.09 bits per heavy atom. The molecule has 10 nitrogen and oxygen atoms in total. The van der Waals surface area contributed by atoms with Gasteiger partial charge in [-0.25, -0.2) is 17.9 Å². The summed E-state index contributed by atoms with van der Waals surface area (Å²) in [5, 5.41) is 10.9. The van der Waals surface area contributed by atoms with Crippen LogP contribution in [0, 0.1) is 0 Å². The lowest BCUT2D eigenvalue weighted by Crippen LogP contribution is -2.35. The third-order valence-corrected chi connectivity index (χ3v) is 7.54. The Morgan fingerprint density at radius 3 is 2.65 bits per heavy atom. The number of rotatable bonds is 8. The number of hydrogen-bond donors (Lipinski definition) is 1. The lowest BCUT2D eigenvalue weighted by Gasteiger charge is -2.25. The summed E-state index contributed by atoms with van der Waals surface area (Å²) in [6.45, 7) is 3.33. The number of fused-ring (bicyclic) bond motifs is 1. The van der Waals surface area contributed by atoms with Crippen molar-refractivity contribution in [3.8, 4) is 0 Å². The van der Waals surface area contributed by atoms with E-state index < -0.39 is 16.0 Å². The highest BCUT2D eigenvalue weighted by molar-refractivity contribution is 7.89. The van der Waals surface area contributed by atoms with Gasteiger partial charge in [0.05, 0.1) is 29.1 Å². The number of nitrogens with one attached hydrogen (secondary N) is 1. The normalized spacial score (nSPS) is 14.7. The number of benzene rings is 2. The Kier molecular flexibility index (Phi) is 7.23. The molecule has 0 radical (unpaired) electrons. The van der Waals surface area contributed by atoms with Crippen LogP contribution in [0.5, 0.6) is 0 Å². The van der Waals surface area contributed by atoms with Gasteiger partial charge in [0.1, 0.15) is 5.52 Å². The summed E-state index contributed by atoms with van der Waals surface area (Å²) in [6, 6.07) is 11.3. The van der Waals surface area contributed by atoms with Gasteiger partial charge in [0, 0.05) is 25.2 Å². The Balaban J connectivity index is 1.41. The number of sulfonamides is 1. The van der Waals surface area contributed by atoms with E-state index in [0.717, 1.165) is 19.3 Å². The molecule has 0 unspecified atom stereocenters. The predicted octanol–water partition coefficient (Wildman–Crippen LogP) is 2.81. The van der Waals surface area contributed by atoms with Gasteiger partial charge >= 0.3 is 5.97 Å². The van der Waals surface area contributed by atoms with E-state index in [2.05, 4.69) is 15.6 Å². The van der Waals surface area contributed by atoms with Crippen molar-refractivity contribution in [3.63, 3.8) is 0 Å². The van der Waals surface area contributed by atoms with Gasteiger partial charge in [-0.3, -0.25) is 4.79 Å². The number of carbonyl (C=O) groups is 2. The molecule has 0 spiro atoms. The number of piperidine rings is 1. The lowest BCUT2D eigenvalue weighted by atomic mass is 10.2. The Labute approximate surface area is 197 Å². The van der Waals surface area contributed by atoms with Crippen LogP contribution in [-0.4, -0.2) is 59.3 Å². The minimum absolute atomic E-state index is 0.121. The van der Waals surface area contributed by atoms with Crippen molar-refractivity contribution in [2.75, 3.05) is 25.0 Å². The molecule has 1 fully saturated rings. The molecule has 1 aliphatic heterocycles. The van der Waals surface area contributed by atoms with E-state index in [9.17, 15) is 18.0 Å². The van der Waals surface area contributed by atoms with Crippen LogP contribution in [0.15, 0.2) is 47.4 Å². The number of nitrogens with zero attached hydrogens (tertiary/aromatic N) is 4. The molecule has 3 aromatic rings. The van der Waals surface area contributed by atoms with E-state index in [1.165, 1.54) is 10.4 Å². The molecular formula is C23H27N5O5S. The quantitative estimate of drug-likeness (QED) is 0.487. The highest BCUT2D eigenvalue weighted by Gasteiger charge is 2.26. The first kappa shape index (κ1) is 23.8. The Bertz CT molecular complexity index is 1300. The molecular weight excluding hydrogens is 458 g/mol. The van der Waals surface area contributed by atoms with Crippen LogP contribution in [0.2, 0.25) is 0 Å². The zero-order valence-electron chi connectivity index (χ0n) is 18.9. The number of anilines is 1. The van der Waals surface area contributed by atoms with Crippen LogP contribution in [0.3, 0.4) is 0 Å². The molecule has 1 N–H and O–H groups in total. The van der Waals surface area contributed by atoms with Gasteiger partial charge in [0.25, 0.3) is 0 Å². The molecule has 0 bridgehead atoms. The summed E-state index contributed by atoms with van der Waals surface area (Å²) < 4.78 is 33.9. The van der Waals surface area contributed by atoms with Crippen LogP contribution in [-0.2, 0) is 26.1 Å². The summed E-state index contributed by atoms with van der Waals surface area (Å²) in [4.78, 5) is 24.5. The summed E-state index contributed by atoms with van der Waals surface area (Å²) >= 11 is 0. The molecule has 180 valence electrons. The van der Waals surface area contributed by atoms with Crippen LogP contribution < -0.4 is 5.32 Å². The molecule has 2 aromatic carbocycles. The molecule has 34 heavy (non-hydrogen) atoms. The average Bonchev–Trinajstić information content (AvgIpc) is 3.26. The molecule has 1 aliphatic rings. The predicted molar refractivity (Wildman–Crippen MR) is 126 cm³/mol. The maximum absolute atomic E-state index is 12.9. The molecule has 4 rings (SSSR count). The van der Waals surface area contributed by atoms with E-state index in [4.69, 9.17) is 4.74 Å². The number of ether oxygens (including phenoxy) is 1. The van der Waals surface area contributed by atoms with Crippen molar-refractivity contribution in [2.24, 2.45) is 0 Å². The summed E-state index contributed by atoms with van der Waals surface area (Å²) in [7, 11) is -3.56. The number of aromatic nitrogens is 3. The zero-order valence-corrected chi connectivity index (χ0v) is 19.8. The monoisotopic (exact) mass is 485 g/mol. The summed E-state index contributed by atoms with van der Waals surface area (Å²) in [5.41, 5.74) is 1.96. The Hall–Kier alpha value is -3.31. The fraction of sp³-hybridized carbons (Fsp3) is 0.391. The topological polar surface area (TPSA) is 123 Å². The first-order chi connectivity index (χ1) is 16.4. The molecule has 0 aliphatic carbocycles. The van der Waals surface area contributed by atoms with E-state index >= 15 is 0 Å². The number of esters is 1. The maximum Gasteiger partial charge on any atom is 0.338 e. The second-order valence-corrected chi connectivity index (χ2v) is 9.97. The van der Waals surface area contributed by atoms with Gasteiger partial charge in [0.15, 0.2) is 0 Å². The molecule has 1 amide bonds. The third-order valence-electron chi connectivity index (χ3n) is 5.65. The van der Waals surface area contributed by atoms with Crippen molar-refractivity contribution in [1.82, 2.24) is 19.3 Å². The smallest absolute Gasteiger partial charge is 0.338 e. The van der Waals surface area contributed by atoms with Gasteiger partial charge in [-0.15, -0.1) is 5.10 Å². The molecule has 0 atom stereocenters. The summed E-state index contributed by atoms with van der Waals surface area (Å²) in [5.74, 6) is -0.705. The fourth-order valence-corrected chi connectivity index (χ4v) is 5.44. The second kappa shape index (κ2) is 10.3. The van der Waals surface area contributed by atoms with E-state index in [1.54, 1.807) is 48.0 Å². The van der Waals surface area contributed by atoms with Gasteiger partial charge < -0.3 is 10.1 Å². The third kappa shape index (κ3) is 5.26. The highest BCUT2D eigenvalue weighted by atomic mass is 32.2. The molecule has 1 saturated heterocycles. The molecule has 11 heteroatoms. The maximum atomic E-state index is 12.9. The van der Waals surface area contributed by atoms with Crippen LogP contribution in [0.4, 0.5) is 5.69 Å². The fourth-order valence-electron chi connectivity index (χ4n) is 3.90. The molecule has 2 heterocycles. The average molecular weight is 486 g/mol. The largest absolute Gasteiger partial charge is 0.462 e. The van der Waals surface area contributed by atoms with Crippen molar-refractivity contribution >= 4 is 38.6 Å². The highest BCUT2D eigenvalue weighted by Crippen LogP contribution is 2.23. The van der Waals surface area contributed by atoms with Crippen molar-refractivity contribution < 1.29 is 22.7 Å². The van der Waals surface area contributed by atoms with Crippen LogP contribution in [0.1, 0.15) is 43.0 Å². The Morgan fingerprint density at radius 2 is 1.88 bits per heavy atom. The number of carbonyl (C=O) groups excluding carboxylic acids is 2. The van der Waals surface area contributed by atoms with Crippen LogP contribution in [0.25, 0.3) is 11.0 Å². The summed E-state index contributed by atoms with van der Waals surface area (Å²) in [6.07, 6.45) is 2.90. The van der Waals surface area contributed by atoms with Crippen LogP contribution >= 0.6 is 0 Å². The first-order valence-corrected chi connectivity index (χ1v) is 12.7. The van der Waals surface area contributed by atoms with Crippen molar-refractivity contribution in [2.45, 2.75) is 44.0 Å². The van der Waals surface area contributed by atoms with Gasteiger partial charge in [0.2, 0.25) is 15.9 Å².